The number of nitrogens with one attached hydrogen (secondary N) is 2. The van der Waals surface area contributed by atoms with Crippen LogP contribution in [-0.4, -0.2) is 59.9 Å². The Morgan fingerprint density at radius 2 is 2.19 bits per heavy atom. The lowest BCUT2D eigenvalue weighted by molar-refractivity contribution is 0.237. The SMILES string of the molecule is C[C@H](NC(=O)NCCCN(C)S(C)(=O)=O)c1nncn1C. The minimum absolute atomic E-state index is 0.267. The third kappa shape index (κ3) is 5.68. The van der Waals surface area contributed by atoms with Crippen molar-refractivity contribution in [2.24, 2.45) is 7.05 Å². The number of carbonyl (C=O) groups excluding carboxylic acids is 1. The summed E-state index contributed by atoms with van der Waals surface area (Å²) in [7, 11) is 0.134. The number of nitrogens with zero attached hydrogens (tertiary/aromatic N) is 4. The van der Waals surface area contributed by atoms with Gasteiger partial charge in [0.25, 0.3) is 0 Å². The first-order valence-corrected chi connectivity index (χ1v) is 8.36. The van der Waals surface area contributed by atoms with Crippen LogP contribution in [0.5, 0.6) is 0 Å². The Morgan fingerprint density at radius 3 is 2.71 bits per heavy atom. The molecule has 0 bridgehead atoms. The molecule has 9 nitrogen and oxygen atoms in total. The monoisotopic (exact) mass is 318 g/mol. The van der Waals surface area contributed by atoms with Gasteiger partial charge in [-0.25, -0.2) is 17.5 Å². The van der Waals surface area contributed by atoms with E-state index in [0.717, 1.165) is 6.26 Å². The summed E-state index contributed by atoms with van der Waals surface area (Å²) < 4.78 is 25.3. The Kier molecular flexibility index (Phi) is 6.09. The fraction of sp³-hybridized carbons (Fsp3) is 0.727. The molecule has 0 saturated heterocycles. The van der Waals surface area contributed by atoms with Crippen LogP contribution in [0.2, 0.25) is 0 Å². The number of hydrogen-bond donors (Lipinski definition) is 2. The lowest BCUT2D eigenvalue weighted by Crippen LogP contribution is -2.39. The average molecular weight is 318 g/mol. The summed E-state index contributed by atoms with van der Waals surface area (Å²) in [6.45, 7) is 2.55. The molecule has 0 aliphatic heterocycles. The Balaban J connectivity index is 2.28. The summed E-state index contributed by atoms with van der Waals surface area (Å²) >= 11 is 0. The molecule has 1 atom stereocenters. The van der Waals surface area contributed by atoms with Crippen molar-refractivity contribution in [2.45, 2.75) is 19.4 Å². The number of urea groups is 1. The highest BCUT2D eigenvalue weighted by Gasteiger charge is 2.14. The highest BCUT2D eigenvalue weighted by atomic mass is 32.2. The van der Waals surface area contributed by atoms with E-state index in [1.165, 1.54) is 11.4 Å². The lowest BCUT2D eigenvalue weighted by Gasteiger charge is -2.15. The van der Waals surface area contributed by atoms with Gasteiger partial charge >= 0.3 is 6.03 Å². The Labute approximate surface area is 124 Å². The quantitative estimate of drug-likeness (QED) is 0.656. The van der Waals surface area contributed by atoms with Crippen LogP contribution in [0.1, 0.15) is 25.2 Å². The summed E-state index contributed by atoms with van der Waals surface area (Å²) in [5, 5.41) is 13.1. The molecule has 1 aromatic heterocycles. The van der Waals surface area contributed by atoms with Crippen LogP contribution < -0.4 is 10.6 Å². The predicted octanol–water partition coefficient (Wildman–Crippen LogP) is -0.543. The molecule has 0 fully saturated rings. The van der Waals surface area contributed by atoms with E-state index in [2.05, 4.69) is 20.8 Å². The molecule has 1 rings (SSSR count). The molecule has 0 aliphatic carbocycles. The highest BCUT2D eigenvalue weighted by Crippen LogP contribution is 2.06. The molecule has 1 aromatic rings. The van der Waals surface area contributed by atoms with Gasteiger partial charge in [0.2, 0.25) is 10.0 Å². The zero-order valence-corrected chi connectivity index (χ0v) is 13.5. The van der Waals surface area contributed by atoms with Crippen LogP contribution in [0.25, 0.3) is 0 Å². The van der Waals surface area contributed by atoms with E-state index in [1.54, 1.807) is 24.9 Å². The Bertz CT molecular complexity index is 570. The van der Waals surface area contributed by atoms with Gasteiger partial charge < -0.3 is 15.2 Å². The number of hydrogen-bond acceptors (Lipinski definition) is 5. The Morgan fingerprint density at radius 1 is 1.52 bits per heavy atom. The molecule has 0 spiro atoms. The molecule has 0 unspecified atom stereocenters. The summed E-state index contributed by atoms with van der Waals surface area (Å²) in [5.74, 6) is 0.655. The van der Waals surface area contributed by atoms with Crippen LogP contribution in [0.15, 0.2) is 6.33 Å². The minimum atomic E-state index is -3.17. The third-order valence-corrected chi connectivity index (χ3v) is 4.30. The van der Waals surface area contributed by atoms with Crippen molar-refractivity contribution in [3.8, 4) is 0 Å². The zero-order valence-electron chi connectivity index (χ0n) is 12.7. The van der Waals surface area contributed by atoms with Gasteiger partial charge in [-0.05, 0) is 13.3 Å². The zero-order chi connectivity index (χ0) is 16.0. The molecule has 0 aromatic carbocycles. The molecule has 21 heavy (non-hydrogen) atoms. The van der Waals surface area contributed by atoms with Gasteiger partial charge in [0.1, 0.15) is 6.33 Å². The largest absolute Gasteiger partial charge is 0.338 e. The molecule has 0 saturated carbocycles. The van der Waals surface area contributed by atoms with Crippen LogP contribution in [0, 0.1) is 0 Å². The van der Waals surface area contributed by atoms with Crippen molar-refractivity contribution < 1.29 is 13.2 Å². The fourth-order valence-electron chi connectivity index (χ4n) is 1.67. The predicted molar refractivity (Wildman–Crippen MR) is 78.0 cm³/mol. The molecule has 2 N–H and O–H groups in total. The summed E-state index contributed by atoms with van der Waals surface area (Å²) in [6.07, 6.45) is 3.25. The number of rotatable bonds is 7. The third-order valence-electron chi connectivity index (χ3n) is 2.98. The molecule has 1 heterocycles. The summed E-state index contributed by atoms with van der Waals surface area (Å²) in [5.41, 5.74) is 0. The first-order chi connectivity index (χ1) is 9.71. The van der Waals surface area contributed by atoms with Crippen molar-refractivity contribution in [2.75, 3.05) is 26.4 Å². The maximum absolute atomic E-state index is 11.7. The number of sulfonamides is 1. The maximum Gasteiger partial charge on any atom is 0.315 e. The van der Waals surface area contributed by atoms with Crippen molar-refractivity contribution in [1.82, 2.24) is 29.7 Å². The van der Waals surface area contributed by atoms with E-state index in [0.29, 0.717) is 25.3 Å². The fourth-order valence-corrected chi connectivity index (χ4v) is 2.13. The van der Waals surface area contributed by atoms with Gasteiger partial charge in [0.15, 0.2) is 5.82 Å². The Hall–Kier alpha value is -1.68. The molecule has 0 radical (unpaired) electrons. The van der Waals surface area contributed by atoms with Gasteiger partial charge in [0, 0.05) is 27.2 Å². The van der Waals surface area contributed by atoms with Crippen molar-refractivity contribution in [1.29, 1.82) is 0 Å². The van der Waals surface area contributed by atoms with E-state index in [1.807, 2.05) is 0 Å². The highest BCUT2D eigenvalue weighted by molar-refractivity contribution is 7.88. The summed E-state index contributed by atoms with van der Waals surface area (Å²) in [4.78, 5) is 11.7. The molecular weight excluding hydrogens is 296 g/mol. The number of carbonyl (C=O) groups is 1. The second-order valence-corrected chi connectivity index (χ2v) is 6.95. The lowest BCUT2D eigenvalue weighted by atomic mass is 10.3. The second-order valence-electron chi connectivity index (χ2n) is 4.86. The first-order valence-electron chi connectivity index (χ1n) is 6.51. The van der Waals surface area contributed by atoms with Crippen LogP contribution in [0.4, 0.5) is 4.79 Å². The smallest absolute Gasteiger partial charge is 0.315 e. The number of amides is 2. The van der Waals surface area contributed by atoms with Crippen LogP contribution >= 0.6 is 0 Å². The van der Waals surface area contributed by atoms with Crippen molar-refractivity contribution in [3.63, 3.8) is 0 Å². The van der Waals surface area contributed by atoms with E-state index in [-0.39, 0.29) is 12.1 Å². The van der Waals surface area contributed by atoms with Gasteiger partial charge in [-0.2, -0.15) is 0 Å². The van der Waals surface area contributed by atoms with Gasteiger partial charge in [0.05, 0.1) is 12.3 Å². The van der Waals surface area contributed by atoms with Crippen LogP contribution in [-0.2, 0) is 17.1 Å². The number of aromatic nitrogens is 3. The first kappa shape index (κ1) is 17.4. The molecule has 10 heteroatoms. The van der Waals surface area contributed by atoms with Gasteiger partial charge in [-0.3, -0.25) is 0 Å². The van der Waals surface area contributed by atoms with E-state index >= 15 is 0 Å². The van der Waals surface area contributed by atoms with E-state index in [9.17, 15) is 13.2 Å². The van der Waals surface area contributed by atoms with Crippen molar-refractivity contribution in [3.05, 3.63) is 12.2 Å². The average Bonchev–Trinajstić information content (AvgIpc) is 2.79. The normalized spacial score (nSPS) is 13.2. The summed E-state index contributed by atoms with van der Waals surface area (Å²) in [6, 6.07) is -0.594. The van der Waals surface area contributed by atoms with E-state index < -0.39 is 10.0 Å². The minimum Gasteiger partial charge on any atom is -0.338 e. The topological polar surface area (TPSA) is 109 Å². The van der Waals surface area contributed by atoms with Gasteiger partial charge in [-0.1, -0.05) is 0 Å². The molecular formula is C11H22N6O3S. The second kappa shape index (κ2) is 7.36. The molecule has 2 amide bonds. The standard InChI is InChI=1S/C11H22N6O3S/c1-9(10-15-13-8-16(10)2)14-11(18)12-6-5-7-17(3)21(4,19)20/h8-9H,5-7H2,1-4H3,(H2,12,14,18)/t9-/m0/s1. The van der Waals surface area contributed by atoms with Crippen molar-refractivity contribution >= 4 is 16.1 Å². The number of aryl methyl sites for hydroxylation is 1. The molecule has 120 valence electrons. The van der Waals surface area contributed by atoms with Gasteiger partial charge in [-0.15, -0.1) is 10.2 Å². The van der Waals surface area contributed by atoms with Crippen LogP contribution in [0.3, 0.4) is 0 Å². The maximum atomic E-state index is 11.7. The molecule has 0 aliphatic rings. The van der Waals surface area contributed by atoms with E-state index in [4.69, 9.17) is 0 Å².